The van der Waals surface area contributed by atoms with Crippen molar-refractivity contribution in [2.75, 3.05) is 40.9 Å². The zero-order valence-corrected chi connectivity index (χ0v) is 47.2. The van der Waals surface area contributed by atoms with E-state index in [0.717, 1.165) is 51.4 Å². The third-order valence-corrected chi connectivity index (χ3v) is 14.2. The number of nitrogens with zero attached hydrogens (tertiary/aromatic N) is 1. The first-order chi connectivity index (χ1) is 33.5. The fourth-order valence-electron chi connectivity index (χ4n) is 8.59. The van der Waals surface area contributed by atoms with Crippen LogP contribution in [0.15, 0.2) is 48.6 Å². The van der Waals surface area contributed by atoms with Gasteiger partial charge in [0.25, 0.3) is 7.82 Å². The molecule has 8 nitrogen and oxygen atoms in total. The van der Waals surface area contributed by atoms with Crippen LogP contribution in [0.2, 0.25) is 0 Å². The van der Waals surface area contributed by atoms with Crippen molar-refractivity contribution in [1.82, 2.24) is 5.32 Å². The number of allylic oxidation sites excluding steroid dienone is 7. The normalized spacial score (nSPS) is 14.2. The highest BCUT2D eigenvalue weighted by molar-refractivity contribution is 7.45. The number of likely N-dealkylation sites (N-methyl/N-ethyl adjacent to an activating group) is 1. The van der Waals surface area contributed by atoms with Gasteiger partial charge < -0.3 is 28.8 Å². The third-order valence-electron chi connectivity index (χ3n) is 13.2. The Balaban J connectivity index is 4.03. The predicted molar refractivity (Wildman–Crippen MR) is 298 cm³/mol. The van der Waals surface area contributed by atoms with E-state index in [0.29, 0.717) is 17.4 Å². The van der Waals surface area contributed by atoms with Crippen LogP contribution in [0.4, 0.5) is 0 Å². The number of hydrogen-bond acceptors (Lipinski definition) is 6. The van der Waals surface area contributed by atoms with Gasteiger partial charge in [-0.1, -0.05) is 249 Å². The maximum Gasteiger partial charge on any atom is 0.268 e. The molecule has 0 aliphatic heterocycles. The first-order valence-corrected chi connectivity index (χ1v) is 31.0. The van der Waals surface area contributed by atoms with Crippen molar-refractivity contribution in [2.24, 2.45) is 0 Å². The summed E-state index contributed by atoms with van der Waals surface area (Å²) in [4.78, 5) is 25.4. The Morgan fingerprint density at radius 1 is 0.493 bits per heavy atom. The number of amides is 1. The quantitative estimate of drug-likeness (QED) is 0.0272. The van der Waals surface area contributed by atoms with Crippen LogP contribution in [0, 0.1) is 0 Å². The molecule has 0 heterocycles. The van der Waals surface area contributed by atoms with Gasteiger partial charge in [-0.3, -0.25) is 9.36 Å². The van der Waals surface area contributed by atoms with Crippen molar-refractivity contribution in [1.29, 1.82) is 0 Å². The van der Waals surface area contributed by atoms with Crippen molar-refractivity contribution in [2.45, 2.75) is 289 Å². The summed E-state index contributed by atoms with van der Waals surface area (Å²) >= 11 is 0. The van der Waals surface area contributed by atoms with Crippen LogP contribution in [0.25, 0.3) is 0 Å². The molecule has 0 radical (unpaired) electrons. The van der Waals surface area contributed by atoms with Gasteiger partial charge in [0.05, 0.1) is 39.9 Å². The van der Waals surface area contributed by atoms with E-state index < -0.39 is 26.6 Å². The standard InChI is InChI=1S/C60H115N2O6P/c1-6-8-10-12-14-16-18-20-22-23-24-25-26-27-28-29-30-31-32-33-34-35-36-37-38-39-40-42-44-46-48-50-52-54-60(64)61-58(57-68-69(65,66)67-56-55-62(3,4)5)59(63)53-51-49-47-45-43-41-21-19-17-15-13-11-9-7-2/h17,19,27-28,43,45,51,53,58-59,63H,6-16,18,20-26,29-42,44,46-50,52,54-57H2,1-5H3,(H-,61,64,65,66)/b19-17+,28-27-,45-43+,53-51+. The lowest BCUT2D eigenvalue weighted by Crippen LogP contribution is -2.45. The van der Waals surface area contributed by atoms with E-state index >= 15 is 0 Å². The van der Waals surface area contributed by atoms with Crippen LogP contribution < -0.4 is 10.2 Å². The van der Waals surface area contributed by atoms with Crippen LogP contribution in [0.1, 0.15) is 277 Å². The number of unbranched alkanes of at least 4 members (excludes halogenated alkanes) is 35. The van der Waals surface area contributed by atoms with E-state index in [2.05, 4.69) is 55.6 Å². The van der Waals surface area contributed by atoms with Crippen molar-refractivity contribution < 1.29 is 32.9 Å². The molecule has 0 aliphatic rings. The number of phosphoric acid groups is 1. The van der Waals surface area contributed by atoms with Gasteiger partial charge in [0.2, 0.25) is 5.91 Å². The number of carbonyl (C=O) groups is 1. The molecule has 0 bridgehead atoms. The molecule has 0 spiro atoms. The molecule has 0 saturated carbocycles. The van der Waals surface area contributed by atoms with E-state index in [1.807, 2.05) is 27.2 Å². The van der Waals surface area contributed by atoms with Crippen LogP contribution in [0.3, 0.4) is 0 Å². The molecule has 406 valence electrons. The number of phosphoric ester groups is 1. The molecule has 0 aromatic heterocycles. The Morgan fingerprint density at radius 2 is 0.812 bits per heavy atom. The minimum atomic E-state index is -4.60. The summed E-state index contributed by atoms with van der Waals surface area (Å²) in [5.74, 6) is -0.209. The minimum absolute atomic E-state index is 0.00883. The van der Waals surface area contributed by atoms with Gasteiger partial charge in [-0.25, -0.2) is 0 Å². The molecule has 0 saturated heterocycles. The molecule has 0 aliphatic carbocycles. The second-order valence-electron chi connectivity index (χ2n) is 21.3. The molecule has 0 rings (SSSR count). The maximum atomic E-state index is 12.9. The number of aliphatic hydroxyl groups is 1. The Morgan fingerprint density at radius 3 is 1.19 bits per heavy atom. The zero-order chi connectivity index (χ0) is 50.6. The molecule has 2 N–H and O–H groups in total. The number of rotatable bonds is 54. The second kappa shape index (κ2) is 51.4. The number of aliphatic hydroxyl groups excluding tert-OH is 1. The van der Waals surface area contributed by atoms with E-state index in [1.54, 1.807) is 6.08 Å². The average Bonchev–Trinajstić information content (AvgIpc) is 3.31. The fourth-order valence-corrected chi connectivity index (χ4v) is 9.32. The summed E-state index contributed by atoms with van der Waals surface area (Å²) in [5, 5.41) is 13.8. The van der Waals surface area contributed by atoms with Crippen LogP contribution in [-0.4, -0.2) is 68.5 Å². The van der Waals surface area contributed by atoms with E-state index in [9.17, 15) is 19.4 Å². The van der Waals surface area contributed by atoms with Crippen LogP contribution in [0.5, 0.6) is 0 Å². The van der Waals surface area contributed by atoms with Gasteiger partial charge in [0.1, 0.15) is 13.2 Å². The average molecular weight is 992 g/mol. The Bertz CT molecular complexity index is 1260. The summed E-state index contributed by atoms with van der Waals surface area (Å²) in [6.45, 7) is 4.62. The monoisotopic (exact) mass is 991 g/mol. The molecule has 3 atom stereocenters. The molecule has 0 aromatic rings. The SMILES string of the molecule is CCCCCC/C=C/CC/C=C/CC/C=C/C(O)C(COP(=O)([O-])OCC[N+](C)(C)C)NC(=O)CCCCCCCCCCCCCCCCCCC/C=C\CCCCCCCCCCCCCC. The third kappa shape index (κ3) is 54.1. The van der Waals surface area contributed by atoms with Crippen molar-refractivity contribution >= 4 is 13.7 Å². The second-order valence-corrected chi connectivity index (χ2v) is 22.7. The summed E-state index contributed by atoms with van der Waals surface area (Å²) in [6, 6.07) is -0.909. The molecular weight excluding hydrogens is 876 g/mol. The number of quaternary nitrogens is 1. The molecule has 3 unspecified atom stereocenters. The first-order valence-electron chi connectivity index (χ1n) is 29.5. The van der Waals surface area contributed by atoms with Crippen molar-refractivity contribution in [3.63, 3.8) is 0 Å². The number of nitrogens with one attached hydrogen (secondary N) is 1. The maximum absolute atomic E-state index is 12.9. The van der Waals surface area contributed by atoms with Crippen molar-refractivity contribution in [3.8, 4) is 0 Å². The number of hydrogen-bond donors (Lipinski definition) is 2. The summed E-state index contributed by atoms with van der Waals surface area (Å²) in [6.07, 6.45) is 67.9. The highest BCUT2D eigenvalue weighted by Gasteiger charge is 2.23. The highest BCUT2D eigenvalue weighted by atomic mass is 31.2. The van der Waals surface area contributed by atoms with Gasteiger partial charge in [-0.2, -0.15) is 0 Å². The van der Waals surface area contributed by atoms with Gasteiger partial charge in [0, 0.05) is 6.42 Å². The minimum Gasteiger partial charge on any atom is -0.756 e. The molecule has 1 amide bonds. The Hall–Kier alpha value is -1.54. The first kappa shape index (κ1) is 67.5. The molecule has 9 heteroatoms. The van der Waals surface area contributed by atoms with Gasteiger partial charge in [0.15, 0.2) is 0 Å². The molecular formula is C60H115N2O6P. The van der Waals surface area contributed by atoms with E-state index in [-0.39, 0.29) is 12.5 Å². The van der Waals surface area contributed by atoms with E-state index in [1.165, 1.54) is 205 Å². The summed E-state index contributed by atoms with van der Waals surface area (Å²) < 4.78 is 23.3. The zero-order valence-electron chi connectivity index (χ0n) is 46.3. The lowest BCUT2D eigenvalue weighted by atomic mass is 10.0. The smallest absolute Gasteiger partial charge is 0.268 e. The lowest BCUT2D eigenvalue weighted by molar-refractivity contribution is -0.870. The largest absolute Gasteiger partial charge is 0.756 e. The van der Waals surface area contributed by atoms with Crippen molar-refractivity contribution in [3.05, 3.63) is 48.6 Å². The van der Waals surface area contributed by atoms with Gasteiger partial charge in [-0.05, 0) is 70.6 Å². The summed E-state index contributed by atoms with van der Waals surface area (Å²) in [5.41, 5.74) is 0. The van der Waals surface area contributed by atoms with Gasteiger partial charge in [-0.15, -0.1) is 0 Å². The lowest BCUT2D eigenvalue weighted by Gasteiger charge is -2.29. The van der Waals surface area contributed by atoms with Gasteiger partial charge >= 0.3 is 0 Å². The fraction of sp³-hybridized carbons (Fsp3) is 0.850. The van der Waals surface area contributed by atoms with E-state index in [4.69, 9.17) is 9.05 Å². The Kier molecular flexibility index (Phi) is 50.2. The highest BCUT2D eigenvalue weighted by Crippen LogP contribution is 2.38. The molecule has 0 fully saturated rings. The predicted octanol–water partition coefficient (Wildman–Crippen LogP) is 17.3. The summed E-state index contributed by atoms with van der Waals surface area (Å²) in [7, 11) is 1.24. The van der Waals surface area contributed by atoms with Crippen LogP contribution in [-0.2, 0) is 18.4 Å². The molecule has 69 heavy (non-hydrogen) atoms. The Labute approximate surface area is 429 Å². The molecule has 0 aromatic carbocycles. The topological polar surface area (TPSA) is 108 Å². The number of carbonyl (C=O) groups excluding carboxylic acids is 1. The van der Waals surface area contributed by atoms with Crippen LogP contribution >= 0.6 is 7.82 Å².